The predicted molar refractivity (Wildman–Crippen MR) is 132 cm³/mol. The van der Waals surface area contributed by atoms with Crippen LogP contribution in [0.3, 0.4) is 0 Å². The van der Waals surface area contributed by atoms with Crippen molar-refractivity contribution in [1.29, 1.82) is 0 Å². The second-order valence-electron chi connectivity index (χ2n) is 7.56. The van der Waals surface area contributed by atoms with E-state index in [4.69, 9.17) is 27.9 Å². The first-order valence-corrected chi connectivity index (χ1v) is 10.9. The number of aromatic nitrogens is 3. The summed E-state index contributed by atoms with van der Waals surface area (Å²) in [6.45, 7) is 1.91. The third-order valence-electron chi connectivity index (χ3n) is 5.45. The average Bonchev–Trinajstić information content (AvgIpc) is 3.22. The van der Waals surface area contributed by atoms with E-state index >= 15 is 0 Å². The number of rotatable bonds is 4. The summed E-state index contributed by atoms with van der Waals surface area (Å²) in [6, 6.07) is 20.1. The van der Waals surface area contributed by atoms with Crippen molar-refractivity contribution in [2.45, 2.75) is 6.92 Å². The quantitative estimate of drug-likeness (QED) is 0.323. The van der Waals surface area contributed by atoms with Crippen LogP contribution < -0.4 is 10.1 Å². The van der Waals surface area contributed by atoms with E-state index in [1.54, 1.807) is 25.3 Å². The van der Waals surface area contributed by atoms with E-state index in [1.807, 2.05) is 55.5 Å². The van der Waals surface area contributed by atoms with E-state index in [-0.39, 0.29) is 5.91 Å². The average molecular weight is 477 g/mol. The standard InChI is InChI=1S/C25H18Cl2N4O2/c1-14-11-22-23(30-31(29-22)15-9-10-24(33-2)20(27)12-15)13-21(14)28-25(32)18-7-3-6-17-16(18)5-4-8-19(17)26/h3-13H,1-2H3,(H,28,32). The van der Waals surface area contributed by atoms with Crippen LogP contribution >= 0.6 is 23.2 Å². The Morgan fingerprint density at radius 3 is 2.39 bits per heavy atom. The molecule has 0 atom stereocenters. The van der Waals surface area contributed by atoms with Gasteiger partial charge in [-0.25, -0.2) is 0 Å². The van der Waals surface area contributed by atoms with Crippen molar-refractivity contribution in [2.75, 3.05) is 12.4 Å². The molecule has 5 aromatic rings. The lowest BCUT2D eigenvalue weighted by Gasteiger charge is -2.10. The molecular formula is C25H18Cl2N4O2. The van der Waals surface area contributed by atoms with Gasteiger partial charge in [-0.1, -0.05) is 47.5 Å². The van der Waals surface area contributed by atoms with Crippen molar-refractivity contribution in [3.63, 3.8) is 0 Å². The Bertz CT molecular complexity index is 1550. The zero-order chi connectivity index (χ0) is 23.1. The molecule has 4 aromatic carbocycles. The second kappa shape index (κ2) is 8.39. The molecule has 0 radical (unpaired) electrons. The Hall–Kier alpha value is -3.61. The van der Waals surface area contributed by atoms with Crippen LogP contribution in [0.4, 0.5) is 5.69 Å². The lowest BCUT2D eigenvalue weighted by Crippen LogP contribution is -2.13. The summed E-state index contributed by atoms with van der Waals surface area (Å²) in [5.41, 5.74) is 4.12. The van der Waals surface area contributed by atoms with Gasteiger partial charge < -0.3 is 10.1 Å². The maximum Gasteiger partial charge on any atom is 0.256 e. The summed E-state index contributed by atoms with van der Waals surface area (Å²) < 4.78 is 5.20. The van der Waals surface area contributed by atoms with Crippen LogP contribution in [0.1, 0.15) is 15.9 Å². The summed E-state index contributed by atoms with van der Waals surface area (Å²) in [6.07, 6.45) is 0. The number of anilines is 1. The fourth-order valence-electron chi connectivity index (χ4n) is 3.76. The third-order valence-corrected chi connectivity index (χ3v) is 6.08. The molecule has 0 saturated heterocycles. The van der Waals surface area contributed by atoms with E-state index < -0.39 is 0 Å². The first kappa shape index (κ1) is 21.2. The maximum atomic E-state index is 13.1. The van der Waals surface area contributed by atoms with Gasteiger partial charge >= 0.3 is 0 Å². The SMILES string of the molecule is COc1ccc(-n2nc3cc(C)c(NC(=O)c4cccc5c(Cl)cccc45)cc3n2)cc1Cl. The van der Waals surface area contributed by atoms with Crippen LogP contribution in [0.15, 0.2) is 66.7 Å². The van der Waals surface area contributed by atoms with Crippen LogP contribution in [0.5, 0.6) is 5.75 Å². The fraction of sp³-hybridized carbons (Fsp3) is 0.0800. The molecule has 5 rings (SSSR count). The summed E-state index contributed by atoms with van der Waals surface area (Å²) >= 11 is 12.5. The van der Waals surface area contributed by atoms with Crippen LogP contribution in [-0.2, 0) is 0 Å². The van der Waals surface area contributed by atoms with Crippen LogP contribution in [0, 0.1) is 6.92 Å². The van der Waals surface area contributed by atoms with E-state index in [9.17, 15) is 4.79 Å². The highest BCUT2D eigenvalue weighted by Crippen LogP contribution is 2.29. The van der Waals surface area contributed by atoms with Gasteiger partial charge in [-0.2, -0.15) is 4.80 Å². The van der Waals surface area contributed by atoms with Crippen LogP contribution in [0.25, 0.3) is 27.5 Å². The van der Waals surface area contributed by atoms with E-state index in [0.717, 1.165) is 16.3 Å². The smallest absolute Gasteiger partial charge is 0.256 e. The molecule has 6 nitrogen and oxygen atoms in total. The number of ether oxygens (including phenoxy) is 1. The van der Waals surface area contributed by atoms with Crippen molar-refractivity contribution in [2.24, 2.45) is 0 Å². The molecule has 0 aliphatic heterocycles. The number of hydrogen-bond acceptors (Lipinski definition) is 4. The molecule has 0 fully saturated rings. The maximum absolute atomic E-state index is 13.1. The van der Waals surface area contributed by atoms with Gasteiger partial charge in [0, 0.05) is 21.7 Å². The molecule has 0 saturated carbocycles. The molecule has 1 heterocycles. The summed E-state index contributed by atoms with van der Waals surface area (Å²) in [5.74, 6) is 0.354. The molecule has 0 unspecified atom stereocenters. The molecule has 164 valence electrons. The Kier molecular flexibility index (Phi) is 5.40. The van der Waals surface area contributed by atoms with Gasteiger partial charge in [-0.3, -0.25) is 4.79 Å². The Morgan fingerprint density at radius 1 is 0.909 bits per heavy atom. The number of carbonyl (C=O) groups excluding carboxylic acids is 1. The number of hydrogen-bond donors (Lipinski definition) is 1. The number of methoxy groups -OCH3 is 1. The lowest BCUT2D eigenvalue weighted by molar-refractivity contribution is 0.102. The molecule has 8 heteroatoms. The number of benzene rings is 4. The number of nitrogens with zero attached hydrogens (tertiary/aromatic N) is 3. The van der Waals surface area contributed by atoms with Gasteiger partial charge in [0.15, 0.2) is 0 Å². The number of aryl methyl sites for hydroxylation is 1. The largest absolute Gasteiger partial charge is 0.495 e. The number of fused-ring (bicyclic) bond motifs is 2. The van der Waals surface area contributed by atoms with Gasteiger partial charge in [-0.05, 0) is 60.3 Å². The minimum atomic E-state index is -0.223. The van der Waals surface area contributed by atoms with Crippen LogP contribution in [-0.4, -0.2) is 28.0 Å². The van der Waals surface area contributed by atoms with Gasteiger partial charge in [0.1, 0.15) is 16.8 Å². The zero-order valence-corrected chi connectivity index (χ0v) is 19.3. The minimum absolute atomic E-state index is 0.223. The van der Waals surface area contributed by atoms with Gasteiger partial charge in [-0.15, -0.1) is 10.2 Å². The van der Waals surface area contributed by atoms with E-state index in [1.165, 1.54) is 4.80 Å². The molecule has 1 aromatic heterocycles. The first-order valence-electron chi connectivity index (χ1n) is 10.1. The molecule has 1 amide bonds. The van der Waals surface area contributed by atoms with Gasteiger partial charge in [0.2, 0.25) is 0 Å². The molecule has 33 heavy (non-hydrogen) atoms. The fourth-order valence-corrected chi connectivity index (χ4v) is 4.25. The van der Waals surface area contributed by atoms with Crippen LogP contribution in [0.2, 0.25) is 10.0 Å². The van der Waals surface area contributed by atoms with E-state index in [2.05, 4.69) is 15.5 Å². The number of nitrogens with one attached hydrogen (secondary N) is 1. The molecule has 0 bridgehead atoms. The van der Waals surface area contributed by atoms with Crippen molar-refractivity contribution in [1.82, 2.24) is 15.0 Å². The van der Waals surface area contributed by atoms with Crippen molar-refractivity contribution in [3.8, 4) is 11.4 Å². The Labute approximate surface area is 199 Å². The highest BCUT2D eigenvalue weighted by Gasteiger charge is 2.15. The Morgan fingerprint density at radius 2 is 1.64 bits per heavy atom. The lowest BCUT2D eigenvalue weighted by atomic mass is 10.0. The first-order chi connectivity index (χ1) is 15.9. The zero-order valence-electron chi connectivity index (χ0n) is 17.8. The van der Waals surface area contributed by atoms with Crippen molar-refractivity contribution in [3.05, 3.63) is 87.9 Å². The van der Waals surface area contributed by atoms with E-state index in [0.29, 0.717) is 43.8 Å². The Balaban J connectivity index is 1.49. The highest BCUT2D eigenvalue weighted by molar-refractivity contribution is 6.36. The number of amides is 1. The predicted octanol–water partition coefficient (Wildman–Crippen LogP) is 6.45. The molecule has 0 aliphatic rings. The summed E-state index contributed by atoms with van der Waals surface area (Å²) in [7, 11) is 1.56. The van der Waals surface area contributed by atoms with Crippen molar-refractivity contribution >= 4 is 56.6 Å². The highest BCUT2D eigenvalue weighted by atomic mass is 35.5. The topological polar surface area (TPSA) is 69.0 Å². The summed E-state index contributed by atoms with van der Waals surface area (Å²) in [5, 5.41) is 14.8. The number of carbonyl (C=O) groups is 1. The molecular weight excluding hydrogens is 459 g/mol. The normalized spacial score (nSPS) is 11.2. The number of halogens is 2. The van der Waals surface area contributed by atoms with Gasteiger partial charge in [0.05, 0.1) is 17.8 Å². The monoisotopic (exact) mass is 476 g/mol. The van der Waals surface area contributed by atoms with Gasteiger partial charge in [0.25, 0.3) is 5.91 Å². The summed E-state index contributed by atoms with van der Waals surface area (Å²) in [4.78, 5) is 14.6. The molecule has 0 aliphatic carbocycles. The second-order valence-corrected chi connectivity index (χ2v) is 8.37. The van der Waals surface area contributed by atoms with Crippen molar-refractivity contribution < 1.29 is 9.53 Å². The third kappa shape index (κ3) is 3.88. The minimum Gasteiger partial charge on any atom is -0.495 e. The molecule has 1 N–H and O–H groups in total. The molecule has 0 spiro atoms.